The molecule has 4 heteroatoms. The summed E-state index contributed by atoms with van der Waals surface area (Å²) >= 11 is 1.64. The first-order chi connectivity index (χ1) is 10.2. The maximum atomic E-state index is 12.3. The summed E-state index contributed by atoms with van der Waals surface area (Å²) in [6, 6.07) is 2.95. The zero-order chi connectivity index (χ0) is 14.8. The van der Waals surface area contributed by atoms with Crippen molar-refractivity contribution in [2.24, 2.45) is 5.92 Å². The molecule has 116 valence electrons. The first kappa shape index (κ1) is 15.0. The minimum absolute atomic E-state index is 0.121. The molecule has 1 atom stereocenters. The van der Waals surface area contributed by atoms with Crippen molar-refractivity contribution in [3.05, 3.63) is 21.4 Å². The van der Waals surface area contributed by atoms with E-state index in [9.17, 15) is 4.79 Å². The number of amides is 1. The highest BCUT2D eigenvalue weighted by Crippen LogP contribution is 2.31. The van der Waals surface area contributed by atoms with Gasteiger partial charge < -0.3 is 10.2 Å². The fraction of sp³-hybridized carbons (Fsp3) is 0.706. The van der Waals surface area contributed by atoms with Crippen LogP contribution in [0.25, 0.3) is 0 Å². The van der Waals surface area contributed by atoms with Gasteiger partial charge in [-0.3, -0.25) is 4.79 Å². The van der Waals surface area contributed by atoms with Crippen LogP contribution in [0.3, 0.4) is 0 Å². The molecule has 1 amide bonds. The highest BCUT2D eigenvalue weighted by Gasteiger charge is 2.34. The fourth-order valence-electron chi connectivity index (χ4n) is 3.27. The Labute approximate surface area is 131 Å². The van der Waals surface area contributed by atoms with E-state index >= 15 is 0 Å². The number of rotatable bonds is 6. The molecule has 1 saturated carbocycles. The van der Waals surface area contributed by atoms with E-state index in [1.807, 2.05) is 0 Å². The van der Waals surface area contributed by atoms with Gasteiger partial charge in [0.2, 0.25) is 0 Å². The summed E-state index contributed by atoms with van der Waals surface area (Å²) in [4.78, 5) is 17.1. The standard InChI is InChI=1S/C17H26N2OS/c1-3-4-14-9-16(21-12(14)2)17(20)18-10-13-7-8-19(11-13)15-5-6-15/h9,13,15H,3-8,10-11H2,1-2H3,(H,18,20). The van der Waals surface area contributed by atoms with Gasteiger partial charge in [-0.05, 0) is 56.7 Å². The minimum Gasteiger partial charge on any atom is -0.351 e. The Morgan fingerprint density at radius 3 is 2.95 bits per heavy atom. The lowest BCUT2D eigenvalue weighted by Gasteiger charge is -2.14. The number of carbonyl (C=O) groups excluding carboxylic acids is 1. The van der Waals surface area contributed by atoms with Gasteiger partial charge in [0.25, 0.3) is 5.91 Å². The fourth-order valence-corrected chi connectivity index (χ4v) is 4.26. The molecule has 0 radical (unpaired) electrons. The van der Waals surface area contributed by atoms with Crippen molar-refractivity contribution in [3.63, 3.8) is 0 Å². The van der Waals surface area contributed by atoms with Crippen LogP contribution in [-0.2, 0) is 6.42 Å². The summed E-state index contributed by atoms with van der Waals surface area (Å²) in [6.07, 6.45) is 6.22. The molecule has 2 heterocycles. The Morgan fingerprint density at radius 1 is 1.43 bits per heavy atom. The molecule has 1 unspecified atom stereocenters. The summed E-state index contributed by atoms with van der Waals surface area (Å²) < 4.78 is 0. The summed E-state index contributed by atoms with van der Waals surface area (Å²) in [7, 11) is 0. The van der Waals surface area contributed by atoms with Crippen molar-refractivity contribution in [2.75, 3.05) is 19.6 Å². The summed E-state index contributed by atoms with van der Waals surface area (Å²) in [5.41, 5.74) is 1.34. The Bertz CT molecular complexity index is 507. The predicted octanol–water partition coefficient (Wildman–Crippen LogP) is 3.22. The third kappa shape index (κ3) is 3.67. The summed E-state index contributed by atoms with van der Waals surface area (Å²) in [5, 5.41) is 3.15. The number of carbonyl (C=O) groups is 1. The average molecular weight is 306 g/mol. The second kappa shape index (κ2) is 6.49. The van der Waals surface area contributed by atoms with Crippen LogP contribution in [-0.4, -0.2) is 36.5 Å². The molecule has 1 saturated heterocycles. The van der Waals surface area contributed by atoms with Gasteiger partial charge in [0.05, 0.1) is 4.88 Å². The molecule has 2 fully saturated rings. The van der Waals surface area contributed by atoms with Crippen LogP contribution >= 0.6 is 11.3 Å². The van der Waals surface area contributed by atoms with Gasteiger partial charge in [0.1, 0.15) is 0 Å². The topological polar surface area (TPSA) is 32.3 Å². The molecule has 0 bridgehead atoms. The van der Waals surface area contributed by atoms with Crippen LogP contribution in [0.5, 0.6) is 0 Å². The van der Waals surface area contributed by atoms with Gasteiger partial charge in [-0.2, -0.15) is 0 Å². The minimum atomic E-state index is 0.121. The second-order valence-corrected chi connectivity index (χ2v) is 7.79. The highest BCUT2D eigenvalue weighted by atomic mass is 32.1. The number of nitrogens with one attached hydrogen (secondary N) is 1. The maximum absolute atomic E-state index is 12.3. The maximum Gasteiger partial charge on any atom is 0.261 e. The van der Waals surface area contributed by atoms with E-state index in [2.05, 4.69) is 30.1 Å². The number of nitrogens with zero attached hydrogens (tertiary/aromatic N) is 1. The van der Waals surface area contributed by atoms with Gasteiger partial charge in [-0.15, -0.1) is 11.3 Å². The van der Waals surface area contributed by atoms with Crippen LogP contribution in [0.4, 0.5) is 0 Å². The largest absolute Gasteiger partial charge is 0.351 e. The Balaban J connectivity index is 1.48. The van der Waals surface area contributed by atoms with Crippen molar-refractivity contribution in [2.45, 2.75) is 52.0 Å². The molecule has 1 aromatic heterocycles. The van der Waals surface area contributed by atoms with Gasteiger partial charge in [-0.25, -0.2) is 0 Å². The van der Waals surface area contributed by atoms with Gasteiger partial charge >= 0.3 is 0 Å². The molecule has 3 nitrogen and oxygen atoms in total. The molecule has 1 aromatic rings. The van der Waals surface area contributed by atoms with E-state index in [-0.39, 0.29) is 5.91 Å². The van der Waals surface area contributed by atoms with E-state index in [1.165, 1.54) is 42.8 Å². The molecule has 21 heavy (non-hydrogen) atoms. The summed E-state index contributed by atoms with van der Waals surface area (Å²) in [5.74, 6) is 0.765. The van der Waals surface area contributed by atoms with Crippen molar-refractivity contribution in [1.82, 2.24) is 10.2 Å². The molecular weight excluding hydrogens is 280 g/mol. The van der Waals surface area contributed by atoms with E-state index in [0.717, 1.165) is 30.3 Å². The number of thiophene rings is 1. The molecule has 1 aliphatic carbocycles. The number of likely N-dealkylation sites (tertiary alicyclic amines) is 1. The van der Waals surface area contributed by atoms with E-state index in [4.69, 9.17) is 0 Å². The zero-order valence-electron chi connectivity index (χ0n) is 13.2. The van der Waals surface area contributed by atoms with Crippen LogP contribution in [0.1, 0.15) is 52.7 Å². The lowest BCUT2D eigenvalue weighted by Crippen LogP contribution is -2.31. The first-order valence-electron chi connectivity index (χ1n) is 8.29. The SMILES string of the molecule is CCCc1cc(C(=O)NCC2CCN(C3CC3)C2)sc1C. The van der Waals surface area contributed by atoms with Gasteiger partial charge in [0, 0.05) is 24.0 Å². The second-order valence-electron chi connectivity index (χ2n) is 6.53. The molecular formula is C17H26N2OS. The molecule has 2 aliphatic rings. The number of aryl methyl sites for hydroxylation is 2. The number of hydrogen-bond donors (Lipinski definition) is 1. The van der Waals surface area contributed by atoms with Crippen molar-refractivity contribution in [1.29, 1.82) is 0 Å². The van der Waals surface area contributed by atoms with Crippen LogP contribution < -0.4 is 5.32 Å². The highest BCUT2D eigenvalue weighted by molar-refractivity contribution is 7.14. The lowest BCUT2D eigenvalue weighted by molar-refractivity contribution is 0.0951. The number of hydrogen-bond acceptors (Lipinski definition) is 3. The quantitative estimate of drug-likeness (QED) is 0.875. The zero-order valence-corrected chi connectivity index (χ0v) is 14.0. The molecule has 1 N–H and O–H groups in total. The van der Waals surface area contributed by atoms with Crippen molar-refractivity contribution in [3.8, 4) is 0 Å². The first-order valence-corrected chi connectivity index (χ1v) is 9.10. The normalized spacial score (nSPS) is 22.7. The van der Waals surface area contributed by atoms with Gasteiger partial charge in [-0.1, -0.05) is 13.3 Å². The summed E-state index contributed by atoms with van der Waals surface area (Å²) in [6.45, 7) is 7.54. The van der Waals surface area contributed by atoms with E-state index < -0.39 is 0 Å². The average Bonchev–Trinajstić information content (AvgIpc) is 3.11. The Kier molecular flexibility index (Phi) is 4.65. The van der Waals surface area contributed by atoms with E-state index in [1.54, 1.807) is 11.3 Å². The van der Waals surface area contributed by atoms with Gasteiger partial charge in [0.15, 0.2) is 0 Å². The third-order valence-corrected chi connectivity index (χ3v) is 5.79. The monoisotopic (exact) mass is 306 g/mol. The lowest BCUT2D eigenvalue weighted by atomic mass is 10.1. The third-order valence-electron chi connectivity index (χ3n) is 4.70. The van der Waals surface area contributed by atoms with E-state index in [0.29, 0.717) is 5.92 Å². The molecule has 0 aromatic carbocycles. The Hall–Kier alpha value is -0.870. The van der Waals surface area contributed by atoms with Crippen molar-refractivity contribution < 1.29 is 4.79 Å². The Morgan fingerprint density at radius 2 is 2.24 bits per heavy atom. The van der Waals surface area contributed by atoms with Crippen LogP contribution in [0.2, 0.25) is 0 Å². The van der Waals surface area contributed by atoms with Crippen LogP contribution in [0, 0.1) is 12.8 Å². The molecule has 3 rings (SSSR count). The molecule has 1 aliphatic heterocycles. The smallest absolute Gasteiger partial charge is 0.261 e. The molecule has 0 spiro atoms. The van der Waals surface area contributed by atoms with Crippen LogP contribution in [0.15, 0.2) is 6.07 Å². The van der Waals surface area contributed by atoms with Crippen molar-refractivity contribution >= 4 is 17.2 Å². The predicted molar refractivity (Wildman–Crippen MR) is 88.1 cm³/mol.